The van der Waals surface area contributed by atoms with Crippen LogP contribution in [0.15, 0.2) is 17.1 Å². The quantitative estimate of drug-likeness (QED) is 0.710. The fourth-order valence-corrected chi connectivity index (χ4v) is 1.06. The lowest BCUT2D eigenvalue weighted by molar-refractivity contribution is 0.292. The average molecular weight is 221 g/mol. The summed E-state index contributed by atoms with van der Waals surface area (Å²) in [7, 11) is 0. The Morgan fingerprint density at radius 2 is 2.50 bits per heavy atom. The van der Waals surface area contributed by atoms with Gasteiger partial charge in [0, 0.05) is 18.5 Å². The van der Waals surface area contributed by atoms with E-state index >= 15 is 0 Å². The molecule has 5 nitrogen and oxygen atoms in total. The Hall–Kier alpha value is -1.80. The van der Waals surface area contributed by atoms with E-state index in [0.29, 0.717) is 25.3 Å². The highest BCUT2D eigenvalue weighted by atomic mass is 16.5. The summed E-state index contributed by atoms with van der Waals surface area (Å²) in [5.41, 5.74) is 5.30. The van der Waals surface area contributed by atoms with Gasteiger partial charge in [-0.2, -0.15) is 5.10 Å². The Bertz CT molecular complexity index is 432. The average Bonchev–Trinajstić information content (AvgIpc) is 2.25. The van der Waals surface area contributed by atoms with Crippen LogP contribution in [0, 0.1) is 12.3 Å². The number of nitrogens with two attached hydrogens (primary N) is 1. The number of aryl methyl sites for hydroxylation is 1. The van der Waals surface area contributed by atoms with Crippen LogP contribution >= 0.6 is 0 Å². The molecule has 5 heteroatoms. The van der Waals surface area contributed by atoms with Crippen molar-refractivity contribution in [1.29, 1.82) is 0 Å². The van der Waals surface area contributed by atoms with E-state index in [1.165, 1.54) is 16.9 Å². The minimum atomic E-state index is -0.225. The minimum Gasteiger partial charge on any atom is -0.490 e. The van der Waals surface area contributed by atoms with Crippen molar-refractivity contribution in [3.63, 3.8) is 0 Å². The number of nitrogens with zero attached hydrogens (tertiary/aromatic N) is 2. The van der Waals surface area contributed by atoms with E-state index in [4.69, 9.17) is 16.9 Å². The highest BCUT2D eigenvalue weighted by molar-refractivity contribution is 5.13. The zero-order chi connectivity index (χ0) is 12.0. The molecular formula is C11H15N3O2. The number of aromatic nitrogens is 2. The van der Waals surface area contributed by atoms with Crippen LogP contribution < -0.4 is 16.0 Å². The lowest BCUT2D eigenvalue weighted by Gasteiger charge is -2.08. The van der Waals surface area contributed by atoms with Gasteiger partial charge in [0.1, 0.15) is 12.4 Å². The topological polar surface area (TPSA) is 70.1 Å². The van der Waals surface area contributed by atoms with Crippen molar-refractivity contribution in [3.8, 4) is 18.1 Å². The summed E-state index contributed by atoms with van der Waals surface area (Å²) in [5.74, 6) is 2.88. The predicted octanol–water partition coefficient (Wildman–Crippen LogP) is -0.00740. The second kappa shape index (κ2) is 5.93. The van der Waals surface area contributed by atoms with Gasteiger partial charge in [0.05, 0.1) is 12.7 Å². The van der Waals surface area contributed by atoms with Crippen LogP contribution in [0.1, 0.15) is 13.3 Å². The fraction of sp³-hybridized carbons (Fsp3) is 0.455. The van der Waals surface area contributed by atoms with Crippen molar-refractivity contribution in [1.82, 2.24) is 9.78 Å². The first kappa shape index (κ1) is 12.3. The third kappa shape index (κ3) is 3.75. The van der Waals surface area contributed by atoms with Gasteiger partial charge in [-0.05, 0) is 6.92 Å². The van der Waals surface area contributed by atoms with Crippen molar-refractivity contribution >= 4 is 0 Å². The molecule has 2 N–H and O–H groups in total. The molecule has 0 aliphatic rings. The van der Waals surface area contributed by atoms with Gasteiger partial charge >= 0.3 is 0 Å². The van der Waals surface area contributed by atoms with E-state index in [-0.39, 0.29) is 11.6 Å². The molecule has 0 aliphatic carbocycles. The predicted molar refractivity (Wildman–Crippen MR) is 61.1 cm³/mol. The summed E-state index contributed by atoms with van der Waals surface area (Å²) < 4.78 is 6.57. The molecule has 1 aromatic heterocycles. The molecule has 1 atom stereocenters. The molecule has 1 rings (SSSR count). The number of rotatable bonds is 5. The second-order valence-electron chi connectivity index (χ2n) is 3.50. The molecule has 0 radical (unpaired) electrons. The van der Waals surface area contributed by atoms with E-state index in [2.05, 4.69) is 11.0 Å². The molecule has 86 valence electrons. The van der Waals surface area contributed by atoms with E-state index in [0.717, 1.165) is 0 Å². The maximum atomic E-state index is 11.5. The highest BCUT2D eigenvalue weighted by Gasteiger charge is 2.01. The molecule has 0 saturated carbocycles. The first-order valence-electron chi connectivity index (χ1n) is 5.02. The fourth-order valence-electron chi connectivity index (χ4n) is 1.06. The summed E-state index contributed by atoms with van der Waals surface area (Å²) in [5, 5.41) is 3.94. The molecule has 0 fully saturated rings. The third-order valence-corrected chi connectivity index (χ3v) is 1.83. The first-order chi connectivity index (χ1) is 7.63. The molecule has 0 amide bonds. The van der Waals surface area contributed by atoms with Crippen molar-refractivity contribution in [2.75, 3.05) is 6.61 Å². The Kier molecular flexibility index (Phi) is 4.55. The van der Waals surface area contributed by atoms with E-state index in [9.17, 15) is 4.79 Å². The SMILES string of the molecule is C#CCCn1ncc(OCC(C)N)cc1=O. The van der Waals surface area contributed by atoms with Crippen LogP contribution in [0.4, 0.5) is 0 Å². The lowest BCUT2D eigenvalue weighted by Crippen LogP contribution is -2.25. The van der Waals surface area contributed by atoms with Gasteiger partial charge < -0.3 is 10.5 Å². The summed E-state index contributed by atoms with van der Waals surface area (Å²) in [6, 6.07) is 1.30. The monoisotopic (exact) mass is 221 g/mol. The Morgan fingerprint density at radius 1 is 1.75 bits per heavy atom. The normalized spacial score (nSPS) is 11.8. The van der Waals surface area contributed by atoms with Crippen molar-refractivity contribution < 1.29 is 4.74 Å². The van der Waals surface area contributed by atoms with Crippen molar-refractivity contribution in [2.45, 2.75) is 25.9 Å². The van der Waals surface area contributed by atoms with E-state index in [1.807, 2.05) is 6.92 Å². The van der Waals surface area contributed by atoms with Crippen LogP contribution in [0.25, 0.3) is 0 Å². The molecule has 0 bridgehead atoms. The molecule has 0 saturated heterocycles. The second-order valence-corrected chi connectivity index (χ2v) is 3.50. The summed E-state index contributed by atoms with van der Waals surface area (Å²) in [6.45, 7) is 2.60. The van der Waals surface area contributed by atoms with E-state index < -0.39 is 0 Å². The highest BCUT2D eigenvalue weighted by Crippen LogP contribution is 2.03. The maximum absolute atomic E-state index is 11.5. The molecule has 0 aromatic carbocycles. The van der Waals surface area contributed by atoms with Crippen LogP contribution in [0.5, 0.6) is 5.75 Å². The van der Waals surface area contributed by atoms with Crippen LogP contribution in [-0.2, 0) is 6.54 Å². The zero-order valence-electron chi connectivity index (χ0n) is 9.22. The number of hydrogen-bond donors (Lipinski definition) is 1. The summed E-state index contributed by atoms with van der Waals surface area (Å²) in [4.78, 5) is 11.5. The molecule has 1 aromatic rings. The van der Waals surface area contributed by atoms with Crippen LogP contribution in [0.3, 0.4) is 0 Å². The Balaban J connectivity index is 2.68. The Morgan fingerprint density at radius 3 is 3.06 bits per heavy atom. The Labute approximate surface area is 94.2 Å². The number of ether oxygens (including phenoxy) is 1. The summed E-state index contributed by atoms with van der Waals surface area (Å²) >= 11 is 0. The van der Waals surface area contributed by atoms with Crippen molar-refractivity contribution in [3.05, 3.63) is 22.6 Å². The molecule has 1 unspecified atom stereocenters. The lowest BCUT2D eigenvalue weighted by atomic mass is 10.4. The molecule has 1 heterocycles. The van der Waals surface area contributed by atoms with Gasteiger partial charge in [-0.25, -0.2) is 4.68 Å². The number of hydrogen-bond acceptors (Lipinski definition) is 4. The smallest absolute Gasteiger partial charge is 0.270 e. The number of terminal acetylenes is 1. The molecule has 0 spiro atoms. The zero-order valence-corrected chi connectivity index (χ0v) is 9.22. The van der Waals surface area contributed by atoms with Gasteiger partial charge in [-0.1, -0.05) is 0 Å². The third-order valence-electron chi connectivity index (χ3n) is 1.83. The van der Waals surface area contributed by atoms with Crippen LogP contribution in [-0.4, -0.2) is 22.4 Å². The molecule has 16 heavy (non-hydrogen) atoms. The van der Waals surface area contributed by atoms with Gasteiger partial charge in [-0.15, -0.1) is 12.3 Å². The minimum absolute atomic E-state index is 0.0797. The van der Waals surface area contributed by atoms with Crippen molar-refractivity contribution in [2.24, 2.45) is 5.73 Å². The van der Waals surface area contributed by atoms with Crippen LogP contribution in [0.2, 0.25) is 0 Å². The first-order valence-corrected chi connectivity index (χ1v) is 5.02. The van der Waals surface area contributed by atoms with Gasteiger partial charge in [0.2, 0.25) is 0 Å². The van der Waals surface area contributed by atoms with Gasteiger partial charge in [-0.3, -0.25) is 4.79 Å². The molecular weight excluding hydrogens is 206 g/mol. The van der Waals surface area contributed by atoms with Gasteiger partial charge in [0.15, 0.2) is 0 Å². The van der Waals surface area contributed by atoms with Gasteiger partial charge in [0.25, 0.3) is 5.56 Å². The standard InChI is InChI=1S/C11H15N3O2/c1-3-4-5-14-11(15)6-10(7-13-14)16-8-9(2)12/h1,6-7,9H,4-5,8,12H2,2H3. The largest absolute Gasteiger partial charge is 0.490 e. The summed E-state index contributed by atoms with van der Waals surface area (Å²) in [6.07, 6.45) is 7.07. The molecule has 0 aliphatic heterocycles. The maximum Gasteiger partial charge on any atom is 0.270 e. The van der Waals surface area contributed by atoms with E-state index in [1.54, 1.807) is 0 Å².